The first-order chi connectivity index (χ1) is 14.3. The van der Waals surface area contributed by atoms with Crippen LogP contribution in [0.1, 0.15) is 48.5 Å². The topological polar surface area (TPSA) is 91.4 Å². The Labute approximate surface area is 179 Å². The van der Waals surface area contributed by atoms with Crippen LogP contribution in [0.2, 0.25) is 0 Å². The van der Waals surface area contributed by atoms with Crippen LogP contribution in [0.25, 0.3) is 0 Å². The van der Waals surface area contributed by atoms with Crippen LogP contribution < -0.4 is 10.6 Å². The number of thioether (sulfide) groups is 1. The van der Waals surface area contributed by atoms with Gasteiger partial charge in [-0.1, -0.05) is 18.2 Å². The SMILES string of the molecule is CC1(C)S[C@@H]2c3ccccc3C(=O)N2[C@]1(C)C(=O)NCCC(=O)Nc1cccnc1. The van der Waals surface area contributed by atoms with Gasteiger partial charge in [-0.3, -0.25) is 19.4 Å². The molecule has 4 rings (SSSR count). The number of hydrogen-bond donors (Lipinski definition) is 2. The molecule has 1 saturated heterocycles. The second kappa shape index (κ2) is 7.43. The molecule has 0 saturated carbocycles. The molecule has 1 aromatic carbocycles. The third-order valence-corrected chi connectivity index (χ3v) is 7.67. The lowest BCUT2D eigenvalue weighted by atomic mass is 9.84. The van der Waals surface area contributed by atoms with Crippen LogP contribution in [0, 0.1) is 0 Å². The summed E-state index contributed by atoms with van der Waals surface area (Å²) in [5.41, 5.74) is 1.17. The Kier molecular flexibility index (Phi) is 5.05. The van der Waals surface area contributed by atoms with Gasteiger partial charge < -0.3 is 15.5 Å². The fraction of sp³-hybridized carbons (Fsp3) is 0.364. The van der Waals surface area contributed by atoms with Gasteiger partial charge in [0.05, 0.1) is 11.9 Å². The van der Waals surface area contributed by atoms with Crippen molar-refractivity contribution >= 4 is 35.2 Å². The fourth-order valence-electron chi connectivity index (χ4n) is 4.02. The summed E-state index contributed by atoms with van der Waals surface area (Å²) in [5.74, 6) is -0.588. The highest BCUT2D eigenvalue weighted by Gasteiger charge is 2.65. The van der Waals surface area contributed by atoms with Crippen LogP contribution in [0.4, 0.5) is 5.69 Å². The molecule has 3 amide bonds. The van der Waals surface area contributed by atoms with Gasteiger partial charge >= 0.3 is 0 Å². The van der Waals surface area contributed by atoms with Gasteiger partial charge in [0.1, 0.15) is 10.9 Å². The molecular weight excluding hydrogens is 400 g/mol. The average Bonchev–Trinajstić information content (AvgIpc) is 3.11. The Hall–Kier alpha value is -2.87. The second-order valence-electron chi connectivity index (χ2n) is 8.11. The molecule has 0 bridgehead atoms. The second-order valence-corrected chi connectivity index (χ2v) is 9.81. The molecule has 1 aromatic heterocycles. The summed E-state index contributed by atoms with van der Waals surface area (Å²) in [6, 6.07) is 11.0. The third kappa shape index (κ3) is 3.15. The predicted octanol–water partition coefficient (Wildman–Crippen LogP) is 2.97. The van der Waals surface area contributed by atoms with E-state index < -0.39 is 10.3 Å². The van der Waals surface area contributed by atoms with E-state index in [0.717, 1.165) is 5.56 Å². The van der Waals surface area contributed by atoms with Crippen molar-refractivity contribution in [2.75, 3.05) is 11.9 Å². The van der Waals surface area contributed by atoms with Crippen LogP contribution >= 0.6 is 11.8 Å². The summed E-state index contributed by atoms with van der Waals surface area (Å²) in [6.07, 6.45) is 3.32. The molecule has 2 aromatic rings. The molecule has 2 N–H and O–H groups in total. The maximum Gasteiger partial charge on any atom is 0.256 e. The lowest BCUT2D eigenvalue weighted by Crippen LogP contribution is -2.63. The standard InChI is InChI=1S/C22H24N4O3S/c1-21(2)22(3,26-18(28)15-8-4-5-9-16(15)19(26)30-21)20(29)24-12-10-17(27)25-14-7-6-11-23-13-14/h4-9,11,13,19H,10,12H2,1-3H3,(H,24,29)(H,25,27)/t19-,22-/m1/s1. The van der Waals surface area contributed by atoms with Gasteiger partial charge in [0.25, 0.3) is 5.91 Å². The predicted molar refractivity (Wildman–Crippen MR) is 116 cm³/mol. The van der Waals surface area contributed by atoms with Crippen LogP contribution in [-0.2, 0) is 9.59 Å². The Bertz CT molecular complexity index is 1010. The number of hydrogen-bond acceptors (Lipinski definition) is 5. The maximum atomic E-state index is 13.3. The molecule has 1 fully saturated rings. The summed E-state index contributed by atoms with van der Waals surface area (Å²) in [4.78, 5) is 44.2. The first kappa shape index (κ1) is 20.4. The van der Waals surface area contributed by atoms with E-state index >= 15 is 0 Å². The summed E-state index contributed by atoms with van der Waals surface area (Å²) in [6.45, 7) is 5.97. The van der Waals surface area contributed by atoms with Crippen molar-refractivity contribution in [2.24, 2.45) is 0 Å². The summed E-state index contributed by atoms with van der Waals surface area (Å²) < 4.78 is -0.497. The van der Waals surface area contributed by atoms with Crippen LogP contribution in [0.5, 0.6) is 0 Å². The highest BCUT2D eigenvalue weighted by Crippen LogP contribution is 2.61. The number of rotatable bonds is 5. The first-order valence-electron chi connectivity index (χ1n) is 9.84. The summed E-state index contributed by atoms with van der Waals surface area (Å²) >= 11 is 1.62. The molecule has 8 heteroatoms. The van der Waals surface area contributed by atoms with E-state index in [1.54, 1.807) is 41.2 Å². The number of carbonyl (C=O) groups excluding carboxylic acids is 3. The van der Waals surface area contributed by atoms with Crippen molar-refractivity contribution in [2.45, 2.75) is 42.9 Å². The number of nitrogens with zero attached hydrogens (tertiary/aromatic N) is 2. The van der Waals surface area contributed by atoms with Gasteiger partial charge in [0.15, 0.2) is 0 Å². The molecule has 0 aliphatic carbocycles. The number of carbonyl (C=O) groups is 3. The van der Waals surface area contributed by atoms with E-state index in [1.165, 1.54) is 0 Å². The monoisotopic (exact) mass is 424 g/mol. The Balaban J connectivity index is 1.45. The molecule has 2 aliphatic rings. The van der Waals surface area contributed by atoms with E-state index in [2.05, 4.69) is 15.6 Å². The zero-order chi connectivity index (χ0) is 21.5. The average molecular weight is 425 g/mol. The van der Waals surface area contributed by atoms with Gasteiger partial charge in [-0.2, -0.15) is 0 Å². The van der Waals surface area contributed by atoms with Crippen molar-refractivity contribution in [3.63, 3.8) is 0 Å². The van der Waals surface area contributed by atoms with E-state index in [0.29, 0.717) is 11.3 Å². The normalized spacial score (nSPS) is 23.6. The number of benzene rings is 1. The molecule has 156 valence electrons. The smallest absolute Gasteiger partial charge is 0.256 e. The largest absolute Gasteiger partial charge is 0.354 e. The van der Waals surface area contributed by atoms with Gasteiger partial charge in [-0.15, -0.1) is 11.8 Å². The number of anilines is 1. The van der Waals surface area contributed by atoms with Crippen molar-refractivity contribution in [1.29, 1.82) is 0 Å². The van der Waals surface area contributed by atoms with Crippen LogP contribution in [0.15, 0.2) is 48.8 Å². The Morgan fingerprint density at radius 3 is 2.67 bits per heavy atom. The molecule has 3 heterocycles. The quantitative estimate of drug-likeness (QED) is 0.770. The minimum absolute atomic E-state index is 0.124. The third-order valence-electron chi connectivity index (χ3n) is 6.00. The number of fused-ring (bicyclic) bond motifs is 3. The Morgan fingerprint density at radius 2 is 1.93 bits per heavy atom. The minimum atomic E-state index is -1.04. The van der Waals surface area contributed by atoms with Crippen molar-refractivity contribution in [1.82, 2.24) is 15.2 Å². The van der Waals surface area contributed by atoms with E-state index in [4.69, 9.17) is 0 Å². The van der Waals surface area contributed by atoms with Gasteiger partial charge in [-0.05, 0) is 44.5 Å². The lowest BCUT2D eigenvalue weighted by Gasteiger charge is -2.40. The molecule has 30 heavy (non-hydrogen) atoms. The van der Waals surface area contributed by atoms with Crippen LogP contribution in [-0.4, -0.2) is 44.4 Å². The number of amides is 3. The highest BCUT2D eigenvalue weighted by atomic mass is 32.2. The zero-order valence-electron chi connectivity index (χ0n) is 17.1. The Morgan fingerprint density at radius 1 is 1.17 bits per heavy atom. The van der Waals surface area contributed by atoms with E-state index in [9.17, 15) is 14.4 Å². The summed E-state index contributed by atoms with van der Waals surface area (Å²) in [7, 11) is 0. The summed E-state index contributed by atoms with van der Waals surface area (Å²) in [5, 5.41) is 5.43. The molecule has 0 unspecified atom stereocenters. The molecule has 7 nitrogen and oxygen atoms in total. The maximum absolute atomic E-state index is 13.3. The lowest BCUT2D eigenvalue weighted by molar-refractivity contribution is -0.132. The van der Waals surface area contributed by atoms with Crippen molar-refractivity contribution in [3.8, 4) is 0 Å². The van der Waals surface area contributed by atoms with Crippen LogP contribution in [0.3, 0.4) is 0 Å². The van der Waals surface area contributed by atoms with E-state index in [1.807, 2.05) is 45.0 Å². The van der Waals surface area contributed by atoms with Gasteiger partial charge in [0, 0.05) is 29.5 Å². The molecule has 2 aliphatic heterocycles. The van der Waals surface area contributed by atoms with Gasteiger partial charge in [-0.25, -0.2) is 0 Å². The van der Waals surface area contributed by atoms with Crippen molar-refractivity contribution < 1.29 is 14.4 Å². The number of nitrogens with one attached hydrogen (secondary N) is 2. The number of pyridine rings is 1. The zero-order valence-corrected chi connectivity index (χ0v) is 18.0. The first-order valence-corrected chi connectivity index (χ1v) is 10.7. The molecule has 0 radical (unpaired) electrons. The minimum Gasteiger partial charge on any atom is -0.354 e. The molecule has 2 atom stereocenters. The van der Waals surface area contributed by atoms with E-state index in [-0.39, 0.29) is 36.1 Å². The molecular formula is C22H24N4O3S. The fourth-order valence-corrected chi connectivity index (χ4v) is 5.75. The van der Waals surface area contributed by atoms with Crippen molar-refractivity contribution in [3.05, 3.63) is 59.9 Å². The highest BCUT2D eigenvalue weighted by molar-refractivity contribution is 8.01. The van der Waals surface area contributed by atoms with Gasteiger partial charge in [0.2, 0.25) is 11.8 Å². The number of aromatic nitrogens is 1. The molecule has 0 spiro atoms.